The van der Waals surface area contributed by atoms with Crippen molar-refractivity contribution in [2.24, 2.45) is 5.92 Å². The van der Waals surface area contributed by atoms with Crippen LogP contribution in [0.5, 0.6) is 11.5 Å². The van der Waals surface area contributed by atoms with Crippen LogP contribution in [0.2, 0.25) is 0 Å². The molecule has 1 saturated carbocycles. The minimum absolute atomic E-state index is 0.407. The predicted octanol–water partition coefficient (Wildman–Crippen LogP) is 6.84. The van der Waals surface area contributed by atoms with Gasteiger partial charge in [0.25, 0.3) is 0 Å². The highest BCUT2D eigenvalue weighted by molar-refractivity contribution is 7.73. The van der Waals surface area contributed by atoms with Crippen LogP contribution in [0.3, 0.4) is 0 Å². The largest absolute Gasteiger partial charge is 0.496 e. The molecule has 0 bridgehead atoms. The molecule has 0 aromatic heterocycles. The van der Waals surface area contributed by atoms with E-state index < -0.39 is 7.92 Å². The lowest BCUT2D eigenvalue weighted by Gasteiger charge is -2.38. The van der Waals surface area contributed by atoms with E-state index >= 15 is 0 Å². The Balaban J connectivity index is 1.88. The maximum atomic E-state index is 5.74. The highest BCUT2D eigenvalue weighted by Gasteiger charge is 2.41. The summed E-state index contributed by atoms with van der Waals surface area (Å²) in [5.41, 5.74) is 6.94. The third-order valence-electron chi connectivity index (χ3n) is 7.82. The molecular formula is C32H42NO2P. The molecule has 1 aliphatic carbocycles. The van der Waals surface area contributed by atoms with Crippen molar-refractivity contribution in [2.45, 2.75) is 58.7 Å². The molecule has 0 heterocycles. The van der Waals surface area contributed by atoms with Gasteiger partial charge in [-0.1, -0.05) is 36.8 Å². The zero-order chi connectivity index (χ0) is 26.0. The SMILES string of the molecule is COc1c(C)cc(P(c2cc(C)c(OC)c(C)c2)C2CCCC2C(c2ccccc2)N(C)C)cc1C. The summed E-state index contributed by atoms with van der Waals surface area (Å²) in [7, 11) is 7.48. The van der Waals surface area contributed by atoms with Gasteiger partial charge in [-0.05, 0) is 137 Å². The van der Waals surface area contributed by atoms with Gasteiger partial charge in [0.2, 0.25) is 0 Å². The van der Waals surface area contributed by atoms with Crippen LogP contribution in [-0.4, -0.2) is 38.9 Å². The van der Waals surface area contributed by atoms with Crippen molar-refractivity contribution in [3.8, 4) is 11.5 Å². The zero-order valence-corrected chi connectivity index (χ0v) is 24.2. The van der Waals surface area contributed by atoms with Gasteiger partial charge >= 0.3 is 0 Å². The van der Waals surface area contributed by atoms with Crippen LogP contribution in [0.4, 0.5) is 0 Å². The monoisotopic (exact) mass is 503 g/mol. The van der Waals surface area contributed by atoms with E-state index in [1.54, 1.807) is 14.2 Å². The molecule has 0 amide bonds. The second kappa shape index (κ2) is 11.4. The molecule has 3 unspecified atom stereocenters. The summed E-state index contributed by atoms with van der Waals surface area (Å²) in [5, 5.41) is 2.93. The van der Waals surface area contributed by atoms with E-state index in [0.29, 0.717) is 17.6 Å². The van der Waals surface area contributed by atoms with Gasteiger partial charge in [0.15, 0.2) is 0 Å². The Hall–Kier alpha value is -2.35. The quantitative estimate of drug-likeness (QED) is 0.314. The summed E-state index contributed by atoms with van der Waals surface area (Å²) in [6.07, 6.45) is 3.82. The first-order valence-corrected chi connectivity index (χ1v) is 14.5. The molecule has 192 valence electrons. The van der Waals surface area contributed by atoms with E-state index in [1.807, 2.05) is 0 Å². The molecule has 0 saturated heterocycles. The fourth-order valence-electron chi connectivity index (χ4n) is 6.55. The van der Waals surface area contributed by atoms with Gasteiger partial charge in [0.1, 0.15) is 11.5 Å². The molecule has 4 heteroatoms. The van der Waals surface area contributed by atoms with Crippen LogP contribution >= 0.6 is 7.92 Å². The minimum Gasteiger partial charge on any atom is -0.496 e. The van der Waals surface area contributed by atoms with E-state index in [-0.39, 0.29) is 0 Å². The summed E-state index contributed by atoms with van der Waals surface area (Å²) in [6, 6.07) is 21.1. The second-order valence-corrected chi connectivity index (χ2v) is 13.0. The average Bonchev–Trinajstić information content (AvgIpc) is 3.28. The zero-order valence-electron chi connectivity index (χ0n) is 23.3. The standard InChI is InChI=1S/C32H42NO2P/c1-21-17-26(18-22(2)31(21)34-7)36(27-19-23(3)32(35-8)24(4)20-27)29-16-12-15-28(29)30(33(5)6)25-13-10-9-11-14-25/h9-11,13-14,17-20,28-30H,12,15-16H2,1-8H3. The van der Waals surface area contributed by atoms with Crippen LogP contribution in [0.1, 0.15) is 53.1 Å². The molecule has 4 rings (SSSR count). The molecule has 0 radical (unpaired) electrons. The molecular weight excluding hydrogens is 461 g/mol. The normalized spacial score (nSPS) is 18.6. The lowest BCUT2D eigenvalue weighted by Crippen LogP contribution is -2.34. The van der Waals surface area contributed by atoms with Crippen LogP contribution in [0.15, 0.2) is 54.6 Å². The number of nitrogens with zero attached hydrogens (tertiary/aromatic N) is 1. The summed E-state index contributed by atoms with van der Waals surface area (Å²) in [5.74, 6) is 2.61. The van der Waals surface area contributed by atoms with E-state index in [0.717, 1.165) is 11.5 Å². The number of benzene rings is 3. The van der Waals surface area contributed by atoms with Crippen molar-refractivity contribution in [3.63, 3.8) is 0 Å². The van der Waals surface area contributed by atoms with Crippen molar-refractivity contribution in [3.05, 3.63) is 82.4 Å². The fourth-order valence-corrected chi connectivity index (χ4v) is 10.1. The summed E-state index contributed by atoms with van der Waals surface area (Å²) >= 11 is 0. The van der Waals surface area contributed by atoms with Crippen LogP contribution in [-0.2, 0) is 0 Å². The molecule has 3 aromatic carbocycles. The summed E-state index contributed by atoms with van der Waals surface area (Å²) in [4.78, 5) is 2.45. The Morgan fingerprint density at radius 1 is 0.750 bits per heavy atom. The number of aryl methyl sites for hydroxylation is 4. The van der Waals surface area contributed by atoms with Gasteiger partial charge in [-0.25, -0.2) is 0 Å². The number of methoxy groups -OCH3 is 2. The predicted molar refractivity (Wildman–Crippen MR) is 155 cm³/mol. The average molecular weight is 504 g/mol. The summed E-state index contributed by atoms with van der Waals surface area (Å²) < 4.78 is 11.5. The van der Waals surface area contributed by atoms with Gasteiger partial charge < -0.3 is 14.4 Å². The Bertz CT molecular complexity index is 1080. The number of hydrogen-bond donors (Lipinski definition) is 0. The topological polar surface area (TPSA) is 21.7 Å². The lowest BCUT2D eigenvalue weighted by molar-refractivity contribution is 0.217. The molecule has 3 aromatic rings. The Morgan fingerprint density at radius 3 is 1.64 bits per heavy atom. The van der Waals surface area contributed by atoms with Gasteiger partial charge in [0, 0.05) is 6.04 Å². The summed E-state index contributed by atoms with van der Waals surface area (Å²) in [6.45, 7) is 8.75. The fraction of sp³-hybridized carbons (Fsp3) is 0.438. The first kappa shape index (κ1) is 26.7. The molecule has 0 N–H and O–H groups in total. The van der Waals surface area contributed by atoms with Gasteiger partial charge in [-0.3, -0.25) is 0 Å². The third kappa shape index (κ3) is 5.20. The highest BCUT2D eigenvalue weighted by Crippen LogP contribution is 2.55. The van der Waals surface area contributed by atoms with Crippen molar-refractivity contribution < 1.29 is 9.47 Å². The van der Waals surface area contributed by atoms with Crippen molar-refractivity contribution in [1.29, 1.82) is 0 Å². The van der Waals surface area contributed by atoms with Crippen molar-refractivity contribution in [1.82, 2.24) is 4.90 Å². The molecule has 36 heavy (non-hydrogen) atoms. The highest BCUT2D eigenvalue weighted by atomic mass is 31.1. The second-order valence-electron chi connectivity index (χ2n) is 10.6. The molecule has 3 atom stereocenters. The number of rotatable bonds is 8. The van der Waals surface area contributed by atoms with Gasteiger partial charge in [-0.15, -0.1) is 0 Å². The number of ether oxygens (including phenoxy) is 2. The minimum atomic E-state index is -0.576. The van der Waals surface area contributed by atoms with E-state index in [9.17, 15) is 0 Å². The molecule has 1 aliphatic rings. The van der Waals surface area contributed by atoms with Crippen LogP contribution in [0, 0.1) is 33.6 Å². The first-order valence-electron chi connectivity index (χ1n) is 13.1. The molecule has 0 spiro atoms. The Kier molecular flexibility index (Phi) is 8.43. The molecule has 0 aliphatic heterocycles. The Morgan fingerprint density at radius 2 is 1.22 bits per heavy atom. The van der Waals surface area contributed by atoms with E-state index in [4.69, 9.17) is 9.47 Å². The smallest absolute Gasteiger partial charge is 0.124 e. The maximum absolute atomic E-state index is 5.74. The third-order valence-corrected chi connectivity index (χ3v) is 10.8. The van der Waals surface area contributed by atoms with Gasteiger partial charge in [0.05, 0.1) is 14.2 Å². The molecule has 1 fully saturated rings. The van der Waals surface area contributed by atoms with Crippen LogP contribution < -0.4 is 20.1 Å². The van der Waals surface area contributed by atoms with Crippen LogP contribution in [0.25, 0.3) is 0 Å². The van der Waals surface area contributed by atoms with E-state index in [1.165, 1.54) is 57.7 Å². The first-order chi connectivity index (χ1) is 17.3. The number of hydrogen-bond acceptors (Lipinski definition) is 3. The maximum Gasteiger partial charge on any atom is 0.124 e. The van der Waals surface area contributed by atoms with Crippen molar-refractivity contribution in [2.75, 3.05) is 28.3 Å². The molecule has 3 nitrogen and oxygen atoms in total. The lowest BCUT2D eigenvalue weighted by atomic mass is 9.90. The Labute approximate surface area is 219 Å². The van der Waals surface area contributed by atoms with Crippen molar-refractivity contribution >= 4 is 18.5 Å². The van der Waals surface area contributed by atoms with Gasteiger partial charge in [-0.2, -0.15) is 0 Å². The van der Waals surface area contributed by atoms with E-state index in [2.05, 4.69) is 101 Å².